The zero-order chi connectivity index (χ0) is 17.2. The summed E-state index contributed by atoms with van der Waals surface area (Å²) in [6.07, 6.45) is 4.40. The summed E-state index contributed by atoms with van der Waals surface area (Å²) in [5.41, 5.74) is 2.84. The second-order valence-electron chi connectivity index (χ2n) is 6.69. The van der Waals surface area contributed by atoms with Crippen molar-refractivity contribution in [3.05, 3.63) is 70.8 Å². The van der Waals surface area contributed by atoms with Crippen molar-refractivity contribution in [1.29, 1.82) is 0 Å². The number of rotatable bonds is 3. The van der Waals surface area contributed by atoms with Crippen molar-refractivity contribution < 1.29 is 19.1 Å². The van der Waals surface area contributed by atoms with Crippen molar-refractivity contribution in [2.75, 3.05) is 0 Å². The van der Waals surface area contributed by atoms with Crippen molar-refractivity contribution in [2.45, 2.75) is 44.3 Å². The molecule has 0 spiro atoms. The van der Waals surface area contributed by atoms with Gasteiger partial charge in [-0.05, 0) is 55.0 Å². The van der Waals surface area contributed by atoms with Gasteiger partial charge in [-0.2, -0.15) is 0 Å². The molecule has 1 heterocycles. The topological polar surface area (TPSA) is 52.6 Å². The van der Waals surface area contributed by atoms with E-state index in [1.54, 1.807) is 18.2 Å². The third-order valence-corrected chi connectivity index (χ3v) is 4.96. The number of fused-ring (bicyclic) bond motifs is 1. The Hall–Kier alpha value is -2.62. The quantitative estimate of drug-likeness (QED) is 0.787. The molecule has 128 valence electrons. The molecule has 2 aliphatic rings. The first kappa shape index (κ1) is 15.9. The summed E-state index contributed by atoms with van der Waals surface area (Å²) in [5.74, 6) is -0.643. The molecular weight excluding hydrogens is 316 g/mol. The Bertz CT molecular complexity index is 791. The standard InChI is InChI=1S/C21H20O4/c22-20(24-17-8-4-5-9-17)15-10-11-18-16(12-15)13-19(25-21(18)23)14-6-2-1-3-7-14/h1-3,6-7,10-12,17,19H,4-5,8-9,13H2/t19-/m1/s1. The minimum Gasteiger partial charge on any atom is -0.459 e. The zero-order valence-corrected chi connectivity index (χ0v) is 13.9. The molecule has 1 fully saturated rings. The van der Waals surface area contributed by atoms with Gasteiger partial charge >= 0.3 is 11.9 Å². The highest BCUT2D eigenvalue weighted by Gasteiger charge is 2.29. The van der Waals surface area contributed by atoms with Gasteiger partial charge in [0.1, 0.15) is 12.2 Å². The van der Waals surface area contributed by atoms with Crippen LogP contribution in [0.4, 0.5) is 0 Å². The average Bonchev–Trinajstić information content (AvgIpc) is 3.15. The first-order chi connectivity index (χ1) is 12.2. The molecule has 4 rings (SSSR count). The Morgan fingerprint density at radius 2 is 1.80 bits per heavy atom. The largest absolute Gasteiger partial charge is 0.459 e. The number of hydrogen-bond donors (Lipinski definition) is 0. The van der Waals surface area contributed by atoms with Crippen LogP contribution in [0.25, 0.3) is 0 Å². The molecule has 0 amide bonds. The zero-order valence-electron chi connectivity index (χ0n) is 13.9. The van der Waals surface area contributed by atoms with Crippen LogP contribution < -0.4 is 0 Å². The molecule has 0 unspecified atom stereocenters. The molecule has 0 aromatic heterocycles. The predicted octanol–water partition coefficient (Wildman–Crippen LogP) is 4.24. The molecule has 0 radical (unpaired) electrons. The summed E-state index contributed by atoms with van der Waals surface area (Å²) < 4.78 is 11.1. The summed E-state index contributed by atoms with van der Waals surface area (Å²) in [5, 5.41) is 0. The lowest BCUT2D eigenvalue weighted by Crippen LogP contribution is -2.23. The number of cyclic esters (lactones) is 1. The van der Waals surface area contributed by atoms with Gasteiger partial charge < -0.3 is 9.47 Å². The fourth-order valence-corrected chi connectivity index (χ4v) is 3.60. The minimum atomic E-state index is -0.342. The molecule has 1 aliphatic heterocycles. The van der Waals surface area contributed by atoms with E-state index < -0.39 is 0 Å². The Balaban J connectivity index is 1.56. The molecule has 25 heavy (non-hydrogen) atoms. The third-order valence-electron chi connectivity index (χ3n) is 4.96. The van der Waals surface area contributed by atoms with E-state index >= 15 is 0 Å². The van der Waals surface area contributed by atoms with Gasteiger partial charge in [0.15, 0.2) is 0 Å². The van der Waals surface area contributed by atoms with Crippen LogP contribution in [-0.2, 0) is 15.9 Å². The molecule has 0 bridgehead atoms. The van der Waals surface area contributed by atoms with Crippen LogP contribution in [0.5, 0.6) is 0 Å². The molecule has 4 heteroatoms. The summed E-state index contributed by atoms with van der Waals surface area (Å²) in [7, 11) is 0. The van der Waals surface area contributed by atoms with E-state index in [1.165, 1.54) is 0 Å². The van der Waals surface area contributed by atoms with Gasteiger partial charge in [0.05, 0.1) is 11.1 Å². The second kappa shape index (κ2) is 6.71. The van der Waals surface area contributed by atoms with Gasteiger partial charge in [-0.3, -0.25) is 0 Å². The first-order valence-corrected chi connectivity index (χ1v) is 8.80. The number of benzene rings is 2. The molecular formula is C21H20O4. The van der Waals surface area contributed by atoms with Gasteiger partial charge in [-0.15, -0.1) is 0 Å². The summed E-state index contributed by atoms with van der Waals surface area (Å²) in [6.45, 7) is 0. The van der Waals surface area contributed by atoms with Crippen LogP contribution in [0.15, 0.2) is 48.5 Å². The molecule has 1 aliphatic carbocycles. The molecule has 2 aromatic rings. The highest BCUT2D eigenvalue weighted by molar-refractivity contribution is 5.95. The van der Waals surface area contributed by atoms with Crippen LogP contribution in [0.1, 0.15) is 63.6 Å². The highest BCUT2D eigenvalue weighted by Crippen LogP contribution is 2.31. The Labute approximate surface area is 146 Å². The number of hydrogen-bond acceptors (Lipinski definition) is 4. The lowest BCUT2D eigenvalue weighted by atomic mass is 9.93. The van der Waals surface area contributed by atoms with Gasteiger partial charge in [0.2, 0.25) is 0 Å². The van der Waals surface area contributed by atoms with E-state index in [0.717, 1.165) is 36.8 Å². The molecule has 2 aromatic carbocycles. The monoisotopic (exact) mass is 336 g/mol. The predicted molar refractivity (Wildman–Crippen MR) is 92.4 cm³/mol. The summed E-state index contributed by atoms with van der Waals surface area (Å²) >= 11 is 0. The Morgan fingerprint density at radius 3 is 2.56 bits per heavy atom. The molecule has 1 saturated carbocycles. The smallest absolute Gasteiger partial charge is 0.339 e. The number of esters is 2. The van der Waals surface area contributed by atoms with E-state index in [0.29, 0.717) is 17.5 Å². The van der Waals surface area contributed by atoms with Gasteiger partial charge in [0, 0.05) is 6.42 Å². The van der Waals surface area contributed by atoms with E-state index in [4.69, 9.17) is 9.47 Å². The maximum absolute atomic E-state index is 12.4. The van der Waals surface area contributed by atoms with Crippen LogP contribution in [0, 0.1) is 0 Å². The second-order valence-corrected chi connectivity index (χ2v) is 6.69. The van der Waals surface area contributed by atoms with E-state index in [-0.39, 0.29) is 24.1 Å². The van der Waals surface area contributed by atoms with E-state index in [1.807, 2.05) is 30.3 Å². The Kier molecular flexibility index (Phi) is 4.26. The number of carbonyl (C=O) groups is 2. The Morgan fingerprint density at radius 1 is 1.04 bits per heavy atom. The lowest BCUT2D eigenvalue weighted by Gasteiger charge is -2.25. The van der Waals surface area contributed by atoms with Crippen molar-refractivity contribution >= 4 is 11.9 Å². The molecule has 1 atom stereocenters. The van der Waals surface area contributed by atoms with Crippen LogP contribution >= 0.6 is 0 Å². The minimum absolute atomic E-state index is 0.0329. The van der Waals surface area contributed by atoms with Crippen LogP contribution in [0.3, 0.4) is 0 Å². The van der Waals surface area contributed by atoms with Crippen molar-refractivity contribution in [3.63, 3.8) is 0 Å². The first-order valence-electron chi connectivity index (χ1n) is 8.80. The van der Waals surface area contributed by atoms with Crippen molar-refractivity contribution in [3.8, 4) is 0 Å². The lowest BCUT2D eigenvalue weighted by molar-refractivity contribution is 0.0246. The number of carbonyl (C=O) groups excluding carboxylic acids is 2. The third kappa shape index (κ3) is 3.29. The molecule has 4 nitrogen and oxygen atoms in total. The SMILES string of the molecule is O=C(OC1CCCC1)c1ccc2c(c1)C[C@H](c1ccccc1)OC2=O. The van der Waals surface area contributed by atoms with Gasteiger partial charge in [-0.25, -0.2) is 9.59 Å². The maximum atomic E-state index is 12.4. The summed E-state index contributed by atoms with van der Waals surface area (Å²) in [6, 6.07) is 14.8. The van der Waals surface area contributed by atoms with Gasteiger partial charge in [-0.1, -0.05) is 30.3 Å². The van der Waals surface area contributed by atoms with Crippen molar-refractivity contribution in [2.24, 2.45) is 0 Å². The van der Waals surface area contributed by atoms with Gasteiger partial charge in [0.25, 0.3) is 0 Å². The molecule has 0 N–H and O–H groups in total. The average molecular weight is 336 g/mol. The fourth-order valence-electron chi connectivity index (χ4n) is 3.60. The normalized spacial score (nSPS) is 20.0. The maximum Gasteiger partial charge on any atom is 0.339 e. The van der Waals surface area contributed by atoms with Crippen LogP contribution in [-0.4, -0.2) is 18.0 Å². The summed E-state index contributed by atoms with van der Waals surface area (Å²) in [4.78, 5) is 24.7. The van der Waals surface area contributed by atoms with E-state index in [9.17, 15) is 9.59 Å². The van der Waals surface area contributed by atoms with E-state index in [2.05, 4.69) is 0 Å². The fraction of sp³-hybridized carbons (Fsp3) is 0.333. The van der Waals surface area contributed by atoms with Crippen LogP contribution in [0.2, 0.25) is 0 Å². The number of ether oxygens (including phenoxy) is 2. The highest BCUT2D eigenvalue weighted by atomic mass is 16.5. The molecule has 0 saturated heterocycles. The van der Waals surface area contributed by atoms with Crippen molar-refractivity contribution in [1.82, 2.24) is 0 Å².